The van der Waals surface area contributed by atoms with Crippen molar-refractivity contribution in [2.75, 3.05) is 11.4 Å². The molecule has 2 atom stereocenters. The van der Waals surface area contributed by atoms with E-state index in [2.05, 4.69) is 55.9 Å². The number of hydrogen-bond donors (Lipinski definition) is 1. The van der Waals surface area contributed by atoms with E-state index in [0.29, 0.717) is 6.04 Å². The molecule has 1 aliphatic rings. The number of aromatic nitrogens is 1. The fraction of sp³-hybridized carbons (Fsp3) is 0.706. The van der Waals surface area contributed by atoms with Crippen molar-refractivity contribution < 1.29 is 0 Å². The quantitative estimate of drug-likeness (QED) is 0.905. The summed E-state index contributed by atoms with van der Waals surface area (Å²) in [5.41, 5.74) is 1.21. The molecule has 21 heavy (non-hydrogen) atoms. The van der Waals surface area contributed by atoms with E-state index in [-0.39, 0.29) is 5.54 Å². The SMILES string of the molecule is CC1CCC(C)N(c2cc(CNC(C)(C)C)c(Cl)cn2)C1. The van der Waals surface area contributed by atoms with Gasteiger partial charge in [-0.05, 0) is 58.1 Å². The molecule has 0 aromatic carbocycles. The van der Waals surface area contributed by atoms with Crippen LogP contribution in [0.25, 0.3) is 0 Å². The van der Waals surface area contributed by atoms with Gasteiger partial charge in [0.25, 0.3) is 0 Å². The molecule has 118 valence electrons. The highest BCUT2D eigenvalue weighted by Gasteiger charge is 2.24. The first-order valence-corrected chi connectivity index (χ1v) is 8.30. The predicted molar refractivity (Wildman–Crippen MR) is 91.0 cm³/mol. The largest absolute Gasteiger partial charge is 0.354 e. The summed E-state index contributed by atoms with van der Waals surface area (Å²) >= 11 is 6.31. The maximum atomic E-state index is 6.31. The minimum absolute atomic E-state index is 0.0830. The van der Waals surface area contributed by atoms with Crippen LogP contribution >= 0.6 is 11.6 Å². The van der Waals surface area contributed by atoms with Gasteiger partial charge in [0.05, 0.1) is 5.02 Å². The summed E-state index contributed by atoms with van der Waals surface area (Å²) in [5, 5.41) is 4.24. The molecule has 0 bridgehead atoms. The zero-order valence-corrected chi connectivity index (χ0v) is 14.7. The number of pyridine rings is 1. The third-order valence-corrected chi connectivity index (χ3v) is 4.48. The Morgan fingerprint density at radius 1 is 1.33 bits per heavy atom. The molecular weight excluding hydrogens is 282 g/mol. The van der Waals surface area contributed by atoms with Crippen LogP contribution in [-0.2, 0) is 6.54 Å². The van der Waals surface area contributed by atoms with Crippen LogP contribution in [0.15, 0.2) is 12.3 Å². The topological polar surface area (TPSA) is 28.2 Å². The molecular formula is C17H28ClN3. The third-order valence-electron chi connectivity index (χ3n) is 4.14. The number of nitrogens with one attached hydrogen (secondary N) is 1. The lowest BCUT2D eigenvalue weighted by atomic mass is 9.95. The molecule has 0 amide bonds. The Kier molecular flexibility index (Phi) is 5.15. The second-order valence-corrected chi connectivity index (χ2v) is 7.83. The maximum absolute atomic E-state index is 6.31. The Hall–Kier alpha value is -0.800. The minimum Gasteiger partial charge on any atom is -0.354 e. The van der Waals surface area contributed by atoms with Gasteiger partial charge in [0.2, 0.25) is 0 Å². The van der Waals surface area contributed by atoms with Crippen LogP contribution in [0.2, 0.25) is 5.02 Å². The monoisotopic (exact) mass is 309 g/mol. The number of rotatable bonds is 3. The van der Waals surface area contributed by atoms with Gasteiger partial charge < -0.3 is 10.2 Å². The molecule has 0 saturated carbocycles. The Morgan fingerprint density at radius 2 is 2.05 bits per heavy atom. The zero-order chi connectivity index (χ0) is 15.6. The van der Waals surface area contributed by atoms with Crippen molar-refractivity contribution in [1.82, 2.24) is 10.3 Å². The van der Waals surface area contributed by atoms with Crippen molar-refractivity contribution in [2.45, 2.75) is 65.6 Å². The average molecular weight is 310 g/mol. The number of piperidine rings is 1. The number of nitrogens with zero attached hydrogens (tertiary/aromatic N) is 2. The van der Waals surface area contributed by atoms with Gasteiger partial charge in [0.15, 0.2) is 0 Å². The lowest BCUT2D eigenvalue weighted by Crippen LogP contribution is -2.41. The van der Waals surface area contributed by atoms with Gasteiger partial charge in [-0.15, -0.1) is 0 Å². The highest BCUT2D eigenvalue weighted by atomic mass is 35.5. The van der Waals surface area contributed by atoms with Gasteiger partial charge in [-0.25, -0.2) is 4.98 Å². The predicted octanol–water partition coefficient (Wildman–Crippen LogP) is 4.25. The second-order valence-electron chi connectivity index (χ2n) is 7.42. The van der Waals surface area contributed by atoms with Crippen LogP contribution in [0.3, 0.4) is 0 Å². The first kappa shape index (κ1) is 16.6. The summed E-state index contributed by atoms with van der Waals surface area (Å²) in [5.74, 6) is 1.79. The fourth-order valence-corrected chi connectivity index (χ4v) is 2.90. The van der Waals surface area contributed by atoms with Crippen LogP contribution in [-0.4, -0.2) is 23.1 Å². The molecule has 2 unspecified atom stereocenters. The molecule has 1 fully saturated rings. The van der Waals surface area contributed by atoms with Crippen LogP contribution in [0.1, 0.15) is 53.0 Å². The standard InChI is InChI=1S/C17H28ClN3/c1-12-6-7-13(2)21(11-12)16-8-14(15(18)10-19-16)9-20-17(3,4)5/h8,10,12-13,20H,6-7,9,11H2,1-5H3. The first-order chi connectivity index (χ1) is 9.76. The molecule has 1 aromatic rings. The lowest BCUT2D eigenvalue weighted by molar-refractivity contribution is 0.388. The molecule has 4 heteroatoms. The van der Waals surface area contributed by atoms with Gasteiger partial charge in [-0.2, -0.15) is 0 Å². The number of hydrogen-bond acceptors (Lipinski definition) is 3. The first-order valence-electron chi connectivity index (χ1n) is 7.92. The minimum atomic E-state index is 0.0830. The van der Waals surface area contributed by atoms with Gasteiger partial charge in [-0.3, -0.25) is 0 Å². The third kappa shape index (κ3) is 4.58. The molecule has 0 aliphatic carbocycles. The van der Waals surface area contributed by atoms with E-state index in [0.717, 1.165) is 35.4 Å². The van der Waals surface area contributed by atoms with Crippen molar-refractivity contribution in [2.24, 2.45) is 5.92 Å². The normalized spacial score (nSPS) is 23.4. The smallest absolute Gasteiger partial charge is 0.129 e. The molecule has 0 spiro atoms. The number of anilines is 1. The summed E-state index contributed by atoms with van der Waals surface area (Å²) in [4.78, 5) is 6.98. The lowest BCUT2D eigenvalue weighted by Gasteiger charge is -2.38. The van der Waals surface area contributed by atoms with Gasteiger partial charge >= 0.3 is 0 Å². The van der Waals surface area contributed by atoms with Crippen LogP contribution in [0, 0.1) is 5.92 Å². The van der Waals surface area contributed by atoms with Crippen molar-refractivity contribution in [3.05, 3.63) is 22.8 Å². The Balaban J connectivity index is 2.17. The van der Waals surface area contributed by atoms with Gasteiger partial charge in [0.1, 0.15) is 5.82 Å². The molecule has 1 N–H and O–H groups in total. The van der Waals surface area contributed by atoms with Crippen molar-refractivity contribution in [3.8, 4) is 0 Å². The summed E-state index contributed by atoms with van der Waals surface area (Å²) in [6.07, 6.45) is 4.34. The summed E-state index contributed by atoms with van der Waals surface area (Å²) in [6, 6.07) is 2.70. The maximum Gasteiger partial charge on any atom is 0.129 e. The van der Waals surface area contributed by atoms with Crippen LogP contribution < -0.4 is 10.2 Å². The van der Waals surface area contributed by atoms with Gasteiger partial charge in [-0.1, -0.05) is 18.5 Å². The van der Waals surface area contributed by atoms with Crippen molar-refractivity contribution in [3.63, 3.8) is 0 Å². The number of halogens is 1. The average Bonchev–Trinajstić information content (AvgIpc) is 2.40. The molecule has 1 saturated heterocycles. The summed E-state index contributed by atoms with van der Waals surface area (Å²) in [6.45, 7) is 13.0. The van der Waals surface area contributed by atoms with Crippen LogP contribution in [0.4, 0.5) is 5.82 Å². The fourth-order valence-electron chi connectivity index (χ4n) is 2.73. The molecule has 2 rings (SSSR count). The van der Waals surface area contributed by atoms with E-state index >= 15 is 0 Å². The van der Waals surface area contributed by atoms with Crippen LogP contribution in [0.5, 0.6) is 0 Å². The Morgan fingerprint density at radius 3 is 2.71 bits per heavy atom. The van der Waals surface area contributed by atoms with Gasteiger partial charge in [0, 0.05) is 30.9 Å². The molecule has 2 heterocycles. The van der Waals surface area contributed by atoms with E-state index in [1.165, 1.54) is 12.8 Å². The van der Waals surface area contributed by atoms with E-state index in [4.69, 9.17) is 11.6 Å². The molecule has 0 radical (unpaired) electrons. The molecule has 1 aliphatic heterocycles. The Bertz CT molecular complexity index is 481. The van der Waals surface area contributed by atoms with E-state index in [9.17, 15) is 0 Å². The molecule has 3 nitrogen and oxygen atoms in total. The highest BCUT2D eigenvalue weighted by molar-refractivity contribution is 6.31. The van der Waals surface area contributed by atoms with Crippen molar-refractivity contribution in [1.29, 1.82) is 0 Å². The summed E-state index contributed by atoms with van der Waals surface area (Å²) in [7, 11) is 0. The molecule has 1 aromatic heterocycles. The zero-order valence-electron chi connectivity index (χ0n) is 13.9. The Labute approximate surface area is 134 Å². The highest BCUT2D eigenvalue weighted by Crippen LogP contribution is 2.28. The van der Waals surface area contributed by atoms with E-state index in [1.807, 2.05) is 0 Å². The van der Waals surface area contributed by atoms with E-state index in [1.54, 1.807) is 6.20 Å². The summed E-state index contributed by atoms with van der Waals surface area (Å²) < 4.78 is 0. The second kappa shape index (κ2) is 6.53. The van der Waals surface area contributed by atoms with Crippen molar-refractivity contribution >= 4 is 17.4 Å². The van der Waals surface area contributed by atoms with E-state index < -0.39 is 0 Å².